The summed E-state index contributed by atoms with van der Waals surface area (Å²) in [5.41, 5.74) is 0. The van der Waals surface area contributed by atoms with Crippen molar-refractivity contribution >= 4 is 11.9 Å². The highest BCUT2D eigenvalue weighted by atomic mass is 16.5. The molecule has 0 spiro atoms. The van der Waals surface area contributed by atoms with E-state index in [0.29, 0.717) is 48.7 Å². The maximum atomic E-state index is 13.0. The van der Waals surface area contributed by atoms with Crippen molar-refractivity contribution in [1.82, 2.24) is 9.55 Å². The molecule has 0 saturated carbocycles. The van der Waals surface area contributed by atoms with Crippen LogP contribution in [0, 0.1) is 35.5 Å². The molecular formula is C27H48N2O4. The highest BCUT2D eigenvalue weighted by molar-refractivity contribution is 5.81. The van der Waals surface area contributed by atoms with Gasteiger partial charge in [-0.2, -0.15) is 0 Å². The van der Waals surface area contributed by atoms with E-state index in [-0.39, 0.29) is 12.4 Å². The molecule has 1 aromatic rings. The molecule has 1 rings (SSSR count). The van der Waals surface area contributed by atoms with Gasteiger partial charge in [0.2, 0.25) is 0 Å². The summed E-state index contributed by atoms with van der Waals surface area (Å²) >= 11 is 0. The Kier molecular flexibility index (Phi) is 13.4. The molecule has 0 fully saturated rings. The molecule has 190 valence electrons. The highest BCUT2D eigenvalue weighted by Crippen LogP contribution is 2.24. The molecule has 6 heteroatoms. The molecule has 0 N–H and O–H groups in total. The fourth-order valence-electron chi connectivity index (χ4n) is 3.78. The van der Waals surface area contributed by atoms with E-state index < -0.39 is 12.0 Å². The van der Waals surface area contributed by atoms with Crippen molar-refractivity contribution < 1.29 is 19.1 Å². The Morgan fingerprint density at radius 3 is 1.73 bits per heavy atom. The molecule has 0 aliphatic carbocycles. The average Bonchev–Trinajstić information content (AvgIpc) is 3.25. The fraction of sp³-hybridized carbons (Fsp3) is 0.815. The lowest BCUT2D eigenvalue weighted by molar-refractivity contribution is -0.156. The van der Waals surface area contributed by atoms with Crippen LogP contribution in [0.25, 0.3) is 0 Å². The molecule has 1 heterocycles. The number of aromatic nitrogens is 2. The number of rotatable bonds is 16. The van der Waals surface area contributed by atoms with Crippen LogP contribution in [0.15, 0.2) is 18.7 Å². The van der Waals surface area contributed by atoms with Gasteiger partial charge in [0.25, 0.3) is 0 Å². The van der Waals surface area contributed by atoms with Crippen molar-refractivity contribution in [3.05, 3.63) is 18.7 Å². The molecule has 0 aliphatic heterocycles. The summed E-state index contributed by atoms with van der Waals surface area (Å²) in [6.45, 7) is 18.2. The predicted octanol–water partition coefficient (Wildman–Crippen LogP) is 6.32. The number of esters is 2. The first-order valence-corrected chi connectivity index (χ1v) is 12.8. The first-order valence-electron chi connectivity index (χ1n) is 12.8. The second kappa shape index (κ2) is 15.1. The number of hydrogen-bond acceptors (Lipinski definition) is 5. The summed E-state index contributed by atoms with van der Waals surface area (Å²) in [6.07, 6.45) is 9.06. The van der Waals surface area contributed by atoms with E-state index in [2.05, 4.69) is 60.4 Å². The lowest BCUT2D eigenvalue weighted by Gasteiger charge is -2.24. The molecule has 0 radical (unpaired) electrons. The van der Waals surface area contributed by atoms with Gasteiger partial charge in [0, 0.05) is 12.4 Å². The van der Waals surface area contributed by atoms with Crippen LogP contribution >= 0.6 is 0 Å². The van der Waals surface area contributed by atoms with Crippen LogP contribution in [-0.2, 0) is 19.1 Å². The SMILES string of the molecule is CC(C)CCC(COC(=O)CC(C(=O)OCC(CCC(C)C)C(C)C)n1ccnc1)C(C)C. The lowest BCUT2D eigenvalue weighted by Crippen LogP contribution is -2.28. The summed E-state index contributed by atoms with van der Waals surface area (Å²) in [6, 6.07) is -0.758. The normalized spacial score (nSPS) is 14.7. The number of hydrogen-bond donors (Lipinski definition) is 0. The van der Waals surface area contributed by atoms with Gasteiger partial charge in [0.05, 0.1) is 26.0 Å². The molecule has 0 amide bonds. The molecule has 0 aromatic carbocycles. The quantitative estimate of drug-likeness (QED) is 0.268. The molecule has 1 aromatic heterocycles. The van der Waals surface area contributed by atoms with Crippen molar-refractivity contribution in [2.45, 2.75) is 93.5 Å². The summed E-state index contributed by atoms with van der Waals surface area (Å²) in [5, 5.41) is 0. The van der Waals surface area contributed by atoms with E-state index in [1.54, 1.807) is 23.3 Å². The Balaban J connectivity index is 2.72. The van der Waals surface area contributed by atoms with Crippen LogP contribution in [0.5, 0.6) is 0 Å². The third-order valence-electron chi connectivity index (χ3n) is 6.53. The first-order chi connectivity index (χ1) is 15.5. The monoisotopic (exact) mass is 464 g/mol. The second-order valence-corrected chi connectivity index (χ2v) is 11.0. The van der Waals surface area contributed by atoms with Gasteiger partial charge in [-0.1, -0.05) is 68.2 Å². The van der Waals surface area contributed by atoms with Gasteiger partial charge in [-0.3, -0.25) is 4.79 Å². The molecular weight excluding hydrogens is 416 g/mol. The van der Waals surface area contributed by atoms with Crippen molar-refractivity contribution in [2.24, 2.45) is 35.5 Å². The number of imidazole rings is 1. The van der Waals surface area contributed by atoms with Gasteiger partial charge in [0.15, 0.2) is 0 Å². The van der Waals surface area contributed by atoms with Gasteiger partial charge in [-0.15, -0.1) is 0 Å². The van der Waals surface area contributed by atoms with Crippen molar-refractivity contribution in [2.75, 3.05) is 13.2 Å². The minimum absolute atomic E-state index is 0.0530. The van der Waals surface area contributed by atoms with Crippen LogP contribution in [0.4, 0.5) is 0 Å². The second-order valence-electron chi connectivity index (χ2n) is 11.0. The summed E-state index contributed by atoms with van der Waals surface area (Å²) in [4.78, 5) is 29.7. The van der Waals surface area contributed by atoms with E-state index >= 15 is 0 Å². The Morgan fingerprint density at radius 2 is 1.30 bits per heavy atom. The van der Waals surface area contributed by atoms with Crippen LogP contribution in [0.2, 0.25) is 0 Å². The number of carbonyl (C=O) groups excluding carboxylic acids is 2. The van der Waals surface area contributed by atoms with Crippen LogP contribution < -0.4 is 0 Å². The molecule has 0 saturated heterocycles. The zero-order valence-electron chi connectivity index (χ0n) is 22.3. The topological polar surface area (TPSA) is 70.4 Å². The summed E-state index contributed by atoms with van der Waals surface area (Å²) in [7, 11) is 0. The van der Waals surface area contributed by atoms with Gasteiger partial charge in [-0.25, -0.2) is 9.78 Å². The van der Waals surface area contributed by atoms with Gasteiger partial charge >= 0.3 is 11.9 Å². The van der Waals surface area contributed by atoms with E-state index in [1.165, 1.54) is 0 Å². The van der Waals surface area contributed by atoms with Gasteiger partial charge in [0.1, 0.15) is 6.04 Å². The Morgan fingerprint density at radius 1 is 0.788 bits per heavy atom. The Hall–Kier alpha value is -1.85. The number of carbonyl (C=O) groups is 2. The molecule has 3 atom stereocenters. The number of ether oxygens (including phenoxy) is 2. The van der Waals surface area contributed by atoms with E-state index in [9.17, 15) is 9.59 Å². The van der Waals surface area contributed by atoms with Crippen LogP contribution in [0.3, 0.4) is 0 Å². The maximum Gasteiger partial charge on any atom is 0.329 e. The van der Waals surface area contributed by atoms with E-state index in [4.69, 9.17) is 9.47 Å². The van der Waals surface area contributed by atoms with Gasteiger partial charge < -0.3 is 14.0 Å². The number of nitrogens with zero attached hydrogens (tertiary/aromatic N) is 2. The zero-order chi connectivity index (χ0) is 25.0. The summed E-state index contributed by atoms with van der Waals surface area (Å²) < 4.78 is 13.0. The zero-order valence-corrected chi connectivity index (χ0v) is 22.3. The maximum absolute atomic E-state index is 13.0. The van der Waals surface area contributed by atoms with Crippen LogP contribution in [0.1, 0.15) is 93.5 Å². The molecule has 0 bridgehead atoms. The third kappa shape index (κ3) is 11.7. The lowest BCUT2D eigenvalue weighted by atomic mass is 9.89. The van der Waals surface area contributed by atoms with Crippen molar-refractivity contribution in [3.63, 3.8) is 0 Å². The Bertz CT molecular complexity index is 668. The fourth-order valence-corrected chi connectivity index (χ4v) is 3.78. The van der Waals surface area contributed by atoms with Crippen LogP contribution in [-0.4, -0.2) is 34.7 Å². The van der Waals surface area contributed by atoms with Crippen molar-refractivity contribution in [3.8, 4) is 0 Å². The first kappa shape index (κ1) is 29.2. The van der Waals surface area contributed by atoms with E-state index in [0.717, 1.165) is 25.7 Å². The molecule has 3 unspecified atom stereocenters. The molecule has 0 aliphatic rings. The summed E-state index contributed by atoms with van der Waals surface area (Å²) in [5.74, 6) is 1.95. The van der Waals surface area contributed by atoms with Crippen molar-refractivity contribution in [1.29, 1.82) is 0 Å². The third-order valence-corrected chi connectivity index (χ3v) is 6.53. The van der Waals surface area contributed by atoms with E-state index in [1.807, 2.05) is 0 Å². The average molecular weight is 465 g/mol. The predicted molar refractivity (Wildman–Crippen MR) is 133 cm³/mol. The largest absolute Gasteiger partial charge is 0.465 e. The minimum Gasteiger partial charge on any atom is -0.465 e. The standard InChI is InChI=1S/C27H48N2O4/c1-19(2)9-11-23(21(5)6)16-32-26(30)15-25(29-14-13-28-18-29)27(31)33-17-24(22(7)8)12-10-20(3)4/h13-14,18-25H,9-12,15-17H2,1-8H3. The molecule has 33 heavy (non-hydrogen) atoms. The highest BCUT2D eigenvalue weighted by Gasteiger charge is 2.28. The molecule has 6 nitrogen and oxygen atoms in total. The van der Waals surface area contributed by atoms with Gasteiger partial charge in [-0.05, 0) is 48.3 Å². The smallest absolute Gasteiger partial charge is 0.329 e. The minimum atomic E-state index is -0.758. The Labute approximate surface area is 201 Å².